The Morgan fingerprint density at radius 2 is 1.93 bits per heavy atom. The van der Waals surface area contributed by atoms with E-state index in [9.17, 15) is 22.8 Å². The second kappa shape index (κ2) is 8.37. The Morgan fingerprint density at radius 3 is 2.56 bits per heavy atom. The van der Waals surface area contributed by atoms with E-state index in [0.717, 1.165) is 29.7 Å². The number of para-hydroxylation sites is 1. The van der Waals surface area contributed by atoms with Gasteiger partial charge in [0.15, 0.2) is 5.69 Å². The minimum absolute atomic E-state index is 0.202. The average molecular weight is 381 g/mol. The number of aromatic nitrogens is 2. The highest BCUT2D eigenvalue weighted by atomic mass is 19.4. The molecule has 8 heteroatoms. The van der Waals surface area contributed by atoms with Gasteiger partial charge in [-0.15, -0.1) is 0 Å². The van der Waals surface area contributed by atoms with Crippen LogP contribution in [0, 0.1) is 12.8 Å². The summed E-state index contributed by atoms with van der Waals surface area (Å²) in [5.74, 6) is -0.211. The Labute approximate surface area is 155 Å². The summed E-state index contributed by atoms with van der Waals surface area (Å²) in [5, 5.41) is 6.52. The maximum atomic E-state index is 13.3. The number of hydrogen-bond acceptors (Lipinski definition) is 3. The van der Waals surface area contributed by atoms with Crippen molar-refractivity contribution < 1.29 is 18.0 Å². The largest absolute Gasteiger partial charge is 0.418 e. The highest BCUT2D eigenvalue weighted by Crippen LogP contribution is 2.33. The summed E-state index contributed by atoms with van der Waals surface area (Å²) < 4.78 is 40.9. The SMILES string of the molecule is Cc1cc(=O)c(C(=O)NCCCC(C)C)nn1-c1ccccc1C(F)(F)F. The van der Waals surface area contributed by atoms with Gasteiger partial charge in [0.05, 0.1) is 11.3 Å². The van der Waals surface area contributed by atoms with Crippen LogP contribution in [-0.4, -0.2) is 22.2 Å². The van der Waals surface area contributed by atoms with Crippen LogP contribution in [0.25, 0.3) is 5.69 Å². The fraction of sp³-hybridized carbons (Fsp3) is 0.421. The summed E-state index contributed by atoms with van der Waals surface area (Å²) in [6.07, 6.45) is -2.95. The fourth-order valence-corrected chi connectivity index (χ4v) is 2.64. The smallest absolute Gasteiger partial charge is 0.351 e. The molecule has 0 atom stereocenters. The second-order valence-corrected chi connectivity index (χ2v) is 6.72. The van der Waals surface area contributed by atoms with Crippen molar-refractivity contribution in [2.45, 2.75) is 39.8 Å². The first-order valence-electron chi connectivity index (χ1n) is 8.67. The Balaban J connectivity index is 2.38. The number of alkyl halides is 3. The molecule has 0 aliphatic heterocycles. The molecular formula is C19H22F3N3O2. The molecule has 1 amide bonds. The molecule has 0 saturated carbocycles. The molecule has 0 radical (unpaired) electrons. The number of hydrogen-bond donors (Lipinski definition) is 1. The Kier molecular flexibility index (Phi) is 6.41. The van der Waals surface area contributed by atoms with E-state index in [1.165, 1.54) is 25.1 Å². The first-order valence-corrected chi connectivity index (χ1v) is 8.67. The number of benzene rings is 1. The van der Waals surface area contributed by atoms with Gasteiger partial charge >= 0.3 is 6.18 Å². The van der Waals surface area contributed by atoms with Crippen molar-refractivity contribution in [3.05, 3.63) is 57.5 Å². The van der Waals surface area contributed by atoms with Gasteiger partial charge in [0.25, 0.3) is 5.91 Å². The lowest BCUT2D eigenvalue weighted by Crippen LogP contribution is -2.33. The zero-order chi connectivity index (χ0) is 20.2. The number of amides is 1. The zero-order valence-corrected chi connectivity index (χ0v) is 15.4. The highest BCUT2D eigenvalue weighted by Gasteiger charge is 2.34. The standard InChI is InChI=1S/C19H22F3N3O2/c1-12(2)7-6-10-23-18(27)17-16(26)11-13(3)25(24-17)15-9-5-4-8-14(15)19(20,21)22/h4-5,8-9,11-12H,6-7,10H2,1-3H3,(H,23,27). The number of carbonyl (C=O) groups excluding carboxylic acids is 1. The minimum atomic E-state index is -4.59. The topological polar surface area (TPSA) is 64.0 Å². The van der Waals surface area contributed by atoms with Gasteiger partial charge in [-0.05, 0) is 37.8 Å². The molecule has 1 heterocycles. The predicted octanol–water partition coefficient (Wildman–Crippen LogP) is 3.73. The quantitative estimate of drug-likeness (QED) is 0.776. The summed E-state index contributed by atoms with van der Waals surface area (Å²) >= 11 is 0. The molecule has 0 fully saturated rings. The lowest BCUT2D eigenvalue weighted by atomic mass is 10.1. The van der Waals surface area contributed by atoms with Gasteiger partial charge in [-0.3, -0.25) is 9.59 Å². The molecule has 0 bridgehead atoms. The van der Waals surface area contributed by atoms with E-state index in [2.05, 4.69) is 24.3 Å². The molecule has 27 heavy (non-hydrogen) atoms. The number of carbonyl (C=O) groups is 1. The Hall–Kier alpha value is -2.64. The first-order chi connectivity index (χ1) is 12.6. The Morgan fingerprint density at radius 1 is 1.26 bits per heavy atom. The normalized spacial score (nSPS) is 11.7. The third-order valence-electron chi connectivity index (χ3n) is 4.00. The van der Waals surface area contributed by atoms with Gasteiger partial charge in [0, 0.05) is 18.3 Å². The van der Waals surface area contributed by atoms with Crippen LogP contribution in [0.3, 0.4) is 0 Å². The fourth-order valence-electron chi connectivity index (χ4n) is 2.64. The number of nitrogens with one attached hydrogen (secondary N) is 1. The van der Waals surface area contributed by atoms with Crippen LogP contribution in [0.5, 0.6) is 0 Å². The maximum Gasteiger partial charge on any atom is 0.418 e. The van der Waals surface area contributed by atoms with Crippen LogP contribution in [0.15, 0.2) is 35.1 Å². The van der Waals surface area contributed by atoms with Gasteiger partial charge in [0.2, 0.25) is 5.43 Å². The maximum absolute atomic E-state index is 13.3. The van der Waals surface area contributed by atoms with Gasteiger partial charge in [-0.1, -0.05) is 26.0 Å². The number of nitrogens with zero attached hydrogens (tertiary/aromatic N) is 2. The lowest BCUT2D eigenvalue weighted by Gasteiger charge is -2.16. The van der Waals surface area contributed by atoms with Gasteiger partial charge in [-0.2, -0.15) is 18.3 Å². The first kappa shape index (κ1) is 20.7. The van der Waals surface area contributed by atoms with E-state index in [-0.39, 0.29) is 11.4 Å². The number of rotatable bonds is 6. The van der Waals surface area contributed by atoms with Crippen LogP contribution in [0.1, 0.15) is 48.4 Å². The third kappa shape index (κ3) is 5.18. The molecule has 146 valence electrons. The number of aryl methyl sites for hydroxylation is 1. The average Bonchev–Trinajstić information content (AvgIpc) is 2.57. The summed E-state index contributed by atoms with van der Waals surface area (Å²) in [7, 11) is 0. The van der Waals surface area contributed by atoms with E-state index in [4.69, 9.17) is 0 Å². The van der Waals surface area contributed by atoms with E-state index in [1.807, 2.05) is 0 Å². The molecule has 1 aromatic carbocycles. The van der Waals surface area contributed by atoms with Crippen LogP contribution >= 0.6 is 0 Å². The van der Waals surface area contributed by atoms with Crippen molar-refractivity contribution in [2.24, 2.45) is 5.92 Å². The molecular weight excluding hydrogens is 359 g/mol. The number of halogens is 3. The van der Waals surface area contributed by atoms with E-state index < -0.39 is 28.8 Å². The molecule has 1 aromatic heterocycles. The van der Waals surface area contributed by atoms with Crippen molar-refractivity contribution >= 4 is 5.91 Å². The molecule has 0 unspecified atom stereocenters. The zero-order valence-electron chi connectivity index (χ0n) is 15.4. The van der Waals surface area contributed by atoms with Crippen LogP contribution < -0.4 is 10.7 Å². The third-order valence-corrected chi connectivity index (χ3v) is 4.00. The summed E-state index contributed by atoms with van der Waals surface area (Å²) in [5.41, 5.74) is -1.99. The molecule has 0 saturated heterocycles. The molecule has 5 nitrogen and oxygen atoms in total. The summed E-state index contributed by atoms with van der Waals surface area (Å²) in [4.78, 5) is 24.4. The molecule has 1 N–H and O–H groups in total. The van der Waals surface area contributed by atoms with Gasteiger partial charge in [-0.25, -0.2) is 4.68 Å². The van der Waals surface area contributed by atoms with Gasteiger partial charge < -0.3 is 5.32 Å². The second-order valence-electron chi connectivity index (χ2n) is 6.72. The van der Waals surface area contributed by atoms with E-state index in [1.54, 1.807) is 0 Å². The molecule has 0 aliphatic carbocycles. The van der Waals surface area contributed by atoms with Crippen molar-refractivity contribution in [2.75, 3.05) is 6.54 Å². The van der Waals surface area contributed by atoms with Crippen molar-refractivity contribution in [3.8, 4) is 5.69 Å². The van der Waals surface area contributed by atoms with Crippen LogP contribution in [-0.2, 0) is 6.18 Å². The minimum Gasteiger partial charge on any atom is -0.351 e. The summed E-state index contributed by atoms with van der Waals surface area (Å²) in [6.45, 7) is 5.94. The predicted molar refractivity (Wildman–Crippen MR) is 96.0 cm³/mol. The monoisotopic (exact) mass is 381 g/mol. The van der Waals surface area contributed by atoms with Crippen molar-refractivity contribution in [3.63, 3.8) is 0 Å². The molecule has 0 spiro atoms. The summed E-state index contributed by atoms with van der Waals surface area (Å²) in [6, 6.07) is 6.00. The van der Waals surface area contributed by atoms with Gasteiger partial charge in [0.1, 0.15) is 0 Å². The van der Waals surface area contributed by atoms with Crippen molar-refractivity contribution in [1.82, 2.24) is 15.1 Å². The Bertz CT molecular complexity index is 873. The molecule has 2 aromatic rings. The highest BCUT2D eigenvalue weighted by molar-refractivity contribution is 5.92. The lowest BCUT2D eigenvalue weighted by molar-refractivity contribution is -0.137. The van der Waals surface area contributed by atoms with Crippen molar-refractivity contribution in [1.29, 1.82) is 0 Å². The molecule has 0 aliphatic rings. The van der Waals surface area contributed by atoms with E-state index in [0.29, 0.717) is 12.5 Å². The molecule has 2 rings (SSSR count). The van der Waals surface area contributed by atoms with Crippen LogP contribution in [0.2, 0.25) is 0 Å². The van der Waals surface area contributed by atoms with Crippen LogP contribution in [0.4, 0.5) is 13.2 Å². The van der Waals surface area contributed by atoms with E-state index >= 15 is 0 Å².